The zero-order valence-electron chi connectivity index (χ0n) is 11.6. The lowest BCUT2D eigenvalue weighted by Crippen LogP contribution is -2.07. The summed E-state index contributed by atoms with van der Waals surface area (Å²) in [6, 6.07) is 8.15. The van der Waals surface area contributed by atoms with Gasteiger partial charge in [-0.05, 0) is 44.0 Å². The van der Waals surface area contributed by atoms with Gasteiger partial charge in [0.25, 0.3) is 0 Å². The molecule has 1 heterocycles. The smallest absolute Gasteiger partial charge is 0.148 e. The zero-order valence-corrected chi connectivity index (χ0v) is 11.6. The molecule has 19 heavy (non-hydrogen) atoms. The quantitative estimate of drug-likeness (QED) is 0.883. The van der Waals surface area contributed by atoms with Gasteiger partial charge in [0, 0.05) is 12.1 Å². The van der Waals surface area contributed by atoms with E-state index in [4.69, 9.17) is 5.11 Å². The molecule has 1 aromatic heterocycles. The van der Waals surface area contributed by atoms with Gasteiger partial charge in [-0.3, -0.25) is 0 Å². The van der Waals surface area contributed by atoms with Gasteiger partial charge in [0.1, 0.15) is 5.82 Å². The van der Waals surface area contributed by atoms with E-state index in [0.29, 0.717) is 12.4 Å². The molecular formula is C15H19N3O. The number of hydrogen-bond acceptors (Lipinski definition) is 4. The third-order valence-electron chi connectivity index (χ3n) is 3.02. The fourth-order valence-electron chi connectivity index (χ4n) is 2.33. The van der Waals surface area contributed by atoms with Gasteiger partial charge in [-0.1, -0.05) is 17.7 Å². The molecule has 0 aliphatic carbocycles. The SMILES string of the molecule is Cc1cc(C)c(-c2ccc(NCCO)nn2)c(C)c1. The zero-order chi connectivity index (χ0) is 13.8. The van der Waals surface area contributed by atoms with Crippen LogP contribution in [-0.2, 0) is 0 Å². The molecule has 0 bridgehead atoms. The maximum absolute atomic E-state index is 8.75. The molecule has 100 valence electrons. The van der Waals surface area contributed by atoms with Crippen molar-refractivity contribution in [2.45, 2.75) is 20.8 Å². The largest absolute Gasteiger partial charge is 0.395 e. The molecule has 1 aromatic carbocycles. The fraction of sp³-hybridized carbons (Fsp3) is 0.333. The van der Waals surface area contributed by atoms with Crippen LogP contribution in [0.4, 0.5) is 5.82 Å². The van der Waals surface area contributed by atoms with Gasteiger partial charge < -0.3 is 10.4 Å². The van der Waals surface area contributed by atoms with E-state index in [2.05, 4.69) is 48.4 Å². The molecule has 0 atom stereocenters. The van der Waals surface area contributed by atoms with Crippen molar-refractivity contribution in [1.29, 1.82) is 0 Å². The summed E-state index contributed by atoms with van der Waals surface area (Å²) in [6.45, 7) is 6.84. The Labute approximate surface area is 113 Å². The minimum absolute atomic E-state index is 0.0829. The average Bonchev–Trinajstić information content (AvgIpc) is 2.36. The Bertz CT molecular complexity index is 541. The predicted octanol–water partition coefficient (Wildman–Crippen LogP) is 2.47. The number of anilines is 1. The minimum atomic E-state index is 0.0829. The molecule has 0 unspecified atom stereocenters. The molecule has 4 nitrogen and oxygen atoms in total. The van der Waals surface area contributed by atoms with Crippen LogP contribution < -0.4 is 5.32 Å². The highest BCUT2D eigenvalue weighted by Gasteiger charge is 2.08. The first-order chi connectivity index (χ1) is 9.11. The van der Waals surface area contributed by atoms with E-state index in [1.165, 1.54) is 16.7 Å². The summed E-state index contributed by atoms with van der Waals surface area (Å²) in [6.07, 6.45) is 0. The number of aryl methyl sites for hydroxylation is 3. The van der Waals surface area contributed by atoms with Crippen LogP contribution in [0.25, 0.3) is 11.3 Å². The maximum atomic E-state index is 8.75. The van der Waals surface area contributed by atoms with E-state index in [1.807, 2.05) is 12.1 Å². The molecule has 0 amide bonds. The maximum Gasteiger partial charge on any atom is 0.148 e. The predicted molar refractivity (Wildman–Crippen MR) is 77.3 cm³/mol. The molecule has 0 aliphatic rings. The lowest BCUT2D eigenvalue weighted by atomic mass is 9.97. The van der Waals surface area contributed by atoms with Crippen LogP contribution >= 0.6 is 0 Å². The van der Waals surface area contributed by atoms with Crippen LogP contribution in [0.2, 0.25) is 0 Å². The molecule has 0 saturated carbocycles. The van der Waals surface area contributed by atoms with Crippen molar-refractivity contribution in [1.82, 2.24) is 10.2 Å². The van der Waals surface area contributed by atoms with Gasteiger partial charge in [-0.25, -0.2) is 0 Å². The highest BCUT2D eigenvalue weighted by atomic mass is 16.3. The number of aliphatic hydroxyl groups is 1. The van der Waals surface area contributed by atoms with Crippen LogP contribution in [0.3, 0.4) is 0 Å². The first-order valence-corrected chi connectivity index (χ1v) is 6.38. The number of hydrogen-bond donors (Lipinski definition) is 2. The van der Waals surface area contributed by atoms with Gasteiger partial charge >= 0.3 is 0 Å². The van der Waals surface area contributed by atoms with Crippen molar-refractivity contribution in [3.63, 3.8) is 0 Å². The first-order valence-electron chi connectivity index (χ1n) is 6.38. The number of rotatable bonds is 4. The van der Waals surface area contributed by atoms with E-state index in [9.17, 15) is 0 Å². The van der Waals surface area contributed by atoms with Crippen LogP contribution in [0.15, 0.2) is 24.3 Å². The second-order valence-electron chi connectivity index (χ2n) is 4.73. The third-order valence-corrected chi connectivity index (χ3v) is 3.02. The Kier molecular flexibility index (Phi) is 4.12. The normalized spacial score (nSPS) is 10.5. The average molecular weight is 257 g/mol. The lowest BCUT2D eigenvalue weighted by Gasteiger charge is -2.11. The second-order valence-corrected chi connectivity index (χ2v) is 4.73. The van der Waals surface area contributed by atoms with E-state index < -0.39 is 0 Å². The van der Waals surface area contributed by atoms with E-state index >= 15 is 0 Å². The van der Waals surface area contributed by atoms with Crippen LogP contribution in [-0.4, -0.2) is 28.5 Å². The number of aromatic nitrogens is 2. The summed E-state index contributed by atoms with van der Waals surface area (Å²) in [5.74, 6) is 0.681. The summed E-state index contributed by atoms with van der Waals surface area (Å²) in [5, 5.41) is 20.1. The van der Waals surface area contributed by atoms with Gasteiger partial charge in [-0.2, -0.15) is 0 Å². The van der Waals surface area contributed by atoms with Crippen molar-refractivity contribution >= 4 is 5.82 Å². The molecule has 0 fully saturated rings. The fourth-order valence-corrected chi connectivity index (χ4v) is 2.33. The minimum Gasteiger partial charge on any atom is -0.395 e. The molecule has 0 saturated heterocycles. The van der Waals surface area contributed by atoms with Gasteiger partial charge in [0.2, 0.25) is 0 Å². The van der Waals surface area contributed by atoms with Crippen molar-refractivity contribution in [3.05, 3.63) is 41.0 Å². The van der Waals surface area contributed by atoms with Crippen LogP contribution in [0, 0.1) is 20.8 Å². The van der Waals surface area contributed by atoms with Gasteiger partial charge in [0.05, 0.1) is 12.3 Å². The topological polar surface area (TPSA) is 58.0 Å². The number of aliphatic hydroxyl groups excluding tert-OH is 1. The molecule has 4 heteroatoms. The first kappa shape index (κ1) is 13.5. The molecule has 0 spiro atoms. The van der Waals surface area contributed by atoms with Gasteiger partial charge in [-0.15, -0.1) is 10.2 Å². The van der Waals surface area contributed by atoms with Crippen LogP contribution in [0.5, 0.6) is 0 Å². The molecule has 0 aliphatic heterocycles. The monoisotopic (exact) mass is 257 g/mol. The third kappa shape index (κ3) is 3.09. The number of benzene rings is 1. The molecule has 0 radical (unpaired) electrons. The summed E-state index contributed by atoms with van der Waals surface area (Å²) in [4.78, 5) is 0. The van der Waals surface area contributed by atoms with Crippen molar-refractivity contribution in [2.24, 2.45) is 0 Å². The van der Waals surface area contributed by atoms with E-state index in [-0.39, 0.29) is 6.61 Å². The number of nitrogens with one attached hydrogen (secondary N) is 1. The Morgan fingerprint density at radius 3 is 2.26 bits per heavy atom. The van der Waals surface area contributed by atoms with E-state index in [1.54, 1.807) is 0 Å². The Hall–Kier alpha value is -1.94. The second kappa shape index (κ2) is 5.80. The van der Waals surface area contributed by atoms with Crippen molar-refractivity contribution in [3.8, 4) is 11.3 Å². The van der Waals surface area contributed by atoms with Crippen molar-refractivity contribution in [2.75, 3.05) is 18.5 Å². The summed E-state index contributed by atoms with van der Waals surface area (Å²) >= 11 is 0. The summed E-state index contributed by atoms with van der Waals surface area (Å²) in [7, 11) is 0. The summed E-state index contributed by atoms with van der Waals surface area (Å²) in [5.41, 5.74) is 5.70. The van der Waals surface area contributed by atoms with Crippen molar-refractivity contribution < 1.29 is 5.11 Å². The Balaban J connectivity index is 2.32. The highest BCUT2D eigenvalue weighted by molar-refractivity contribution is 5.68. The van der Waals surface area contributed by atoms with Gasteiger partial charge in [0.15, 0.2) is 0 Å². The molecule has 2 aromatic rings. The molecule has 2 rings (SSSR count). The van der Waals surface area contributed by atoms with E-state index in [0.717, 1.165) is 11.3 Å². The molecular weight excluding hydrogens is 238 g/mol. The Morgan fingerprint density at radius 1 is 1.05 bits per heavy atom. The molecule has 2 N–H and O–H groups in total. The lowest BCUT2D eigenvalue weighted by molar-refractivity contribution is 0.311. The summed E-state index contributed by atoms with van der Waals surface area (Å²) < 4.78 is 0. The standard InChI is InChI=1S/C15H19N3O/c1-10-8-11(2)15(12(3)9-10)13-4-5-14(18-17-13)16-6-7-19/h4-5,8-9,19H,6-7H2,1-3H3,(H,16,18). The Morgan fingerprint density at radius 2 is 1.74 bits per heavy atom. The number of nitrogens with zero attached hydrogens (tertiary/aromatic N) is 2. The highest BCUT2D eigenvalue weighted by Crippen LogP contribution is 2.26. The van der Waals surface area contributed by atoms with Crippen LogP contribution in [0.1, 0.15) is 16.7 Å².